The number of quaternary nitrogens is 1. The van der Waals surface area contributed by atoms with Gasteiger partial charge in [-0.05, 0) is 59.7 Å². The lowest BCUT2D eigenvalue weighted by Gasteiger charge is -2.24. The van der Waals surface area contributed by atoms with Crippen LogP contribution in [0.15, 0.2) is 23.0 Å². The van der Waals surface area contributed by atoms with Crippen molar-refractivity contribution in [2.45, 2.75) is 58.2 Å². The summed E-state index contributed by atoms with van der Waals surface area (Å²) >= 11 is 0. The first-order valence-corrected chi connectivity index (χ1v) is 11.0. The summed E-state index contributed by atoms with van der Waals surface area (Å²) in [6, 6.07) is 6.06. The van der Waals surface area contributed by atoms with Gasteiger partial charge >= 0.3 is 0 Å². The summed E-state index contributed by atoms with van der Waals surface area (Å²) in [4.78, 5) is 17.8. The van der Waals surface area contributed by atoms with Gasteiger partial charge in [-0.3, -0.25) is 4.79 Å². The van der Waals surface area contributed by atoms with Crippen LogP contribution in [0.2, 0.25) is 0 Å². The number of H-pyrrole nitrogens is 1. The van der Waals surface area contributed by atoms with Crippen molar-refractivity contribution in [2.24, 2.45) is 0 Å². The van der Waals surface area contributed by atoms with Crippen LogP contribution in [0.25, 0.3) is 10.9 Å². The molecule has 30 heavy (non-hydrogen) atoms. The fraction of sp³-hybridized carbons (Fsp3) is 0.545. The summed E-state index contributed by atoms with van der Waals surface area (Å²) in [6.45, 7) is 7.59. The summed E-state index contributed by atoms with van der Waals surface area (Å²) in [6.07, 6.45) is 4.55. The summed E-state index contributed by atoms with van der Waals surface area (Å²) < 4.78 is 7.66. The molecule has 0 bridgehead atoms. The van der Waals surface area contributed by atoms with E-state index in [2.05, 4.69) is 46.5 Å². The van der Waals surface area contributed by atoms with Gasteiger partial charge in [0.05, 0.1) is 36.8 Å². The molecule has 1 aromatic carbocycles. The van der Waals surface area contributed by atoms with Gasteiger partial charge in [0.15, 0.2) is 6.04 Å². The van der Waals surface area contributed by atoms with Crippen LogP contribution in [0.3, 0.4) is 0 Å². The summed E-state index contributed by atoms with van der Waals surface area (Å²) in [5, 5.41) is 13.7. The molecule has 4 heterocycles. The van der Waals surface area contributed by atoms with Crippen molar-refractivity contribution in [1.82, 2.24) is 25.2 Å². The number of tetrazole rings is 1. The molecule has 2 fully saturated rings. The average molecular weight is 410 g/mol. The molecule has 2 aliphatic heterocycles. The number of nitrogens with zero attached hydrogens (tertiary/aromatic N) is 4. The first-order chi connectivity index (χ1) is 14.6. The molecule has 2 saturated heterocycles. The lowest BCUT2D eigenvalue weighted by Crippen LogP contribution is -3.10. The number of hydrogen-bond acceptors (Lipinski definition) is 5. The number of aromatic nitrogens is 5. The zero-order valence-electron chi connectivity index (χ0n) is 17.6. The monoisotopic (exact) mass is 409 g/mol. The van der Waals surface area contributed by atoms with Crippen LogP contribution in [-0.2, 0) is 11.3 Å². The number of pyridine rings is 1. The number of hydrogen-bond donors (Lipinski definition) is 2. The zero-order chi connectivity index (χ0) is 20.7. The molecule has 0 saturated carbocycles. The highest BCUT2D eigenvalue weighted by Crippen LogP contribution is 2.23. The Kier molecular flexibility index (Phi) is 5.12. The van der Waals surface area contributed by atoms with E-state index in [9.17, 15) is 4.79 Å². The van der Waals surface area contributed by atoms with Crippen LogP contribution in [0.1, 0.15) is 54.2 Å². The quantitative estimate of drug-likeness (QED) is 0.658. The summed E-state index contributed by atoms with van der Waals surface area (Å²) in [5.74, 6) is 0.760. The minimum atomic E-state index is -0.182. The topological polar surface area (TPSA) is 90.1 Å². The third-order valence-corrected chi connectivity index (χ3v) is 6.76. The molecule has 158 valence electrons. The standard InChI is InChI=1S/C22H28N6O2/c1-14-7-8-16-12-18(22(29)23-19(16)15(14)2)20(27-9-3-4-10-27)21-24-25-26-28(21)13-17-6-5-11-30-17/h7-8,12,17,20H,3-6,9-11,13H2,1-2H3,(H,23,29)/p+1/t17-,20-/m1/s1. The van der Waals surface area contributed by atoms with E-state index in [1.807, 2.05) is 10.7 Å². The normalized spacial score (nSPS) is 20.9. The van der Waals surface area contributed by atoms with Crippen molar-refractivity contribution in [1.29, 1.82) is 0 Å². The molecule has 5 rings (SSSR count). The van der Waals surface area contributed by atoms with Crippen LogP contribution in [0.5, 0.6) is 0 Å². The number of aryl methyl sites for hydroxylation is 2. The lowest BCUT2D eigenvalue weighted by atomic mass is 10.0. The molecule has 2 aromatic heterocycles. The fourth-order valence-corrected chi connectivity index (χ4v) is 4.95. The number of aromatic amines is 1. The molecule has 0 spiro atoms. The van der Waals surface area contributed by atoms with Gasteiger partial charge in [-0.1, -0.05) is 12.1 Å². The number of ether oxygens (including phenoxy) is 1. The second kappa shape index (κ2) is 7.92. The summed E-state index contributed by atoms with van der Waals surface area (Å²) in [7, 11) is 0. The maximum atomic E-state index is 13.3. The molecule has 0 aliphatic carbocycles. The Morgan fingerprint density at radius 1 is 1.27 bits per heavy atom. The number of benzene rings is 1. The van der Waals surface area contributed by atoms with E-state index in [0.29, 0.717) is 6.54 Å². The largest absolute Gasteiger partial charge is 0.376 e. The van der Waals surface area contributed by atoms with Crippen molar-refractivity contribution in [3.05, 3.63) is 51.1 Å². The van der Waals surface area contributed by atoms with Crippen LogP contribution in [-0.4, -0.2) is 51.0 Å². The number of fused-ring (bicyclic) bond motifs is 1. The van der Waals surface area contributed by atoms with Crippen molar-refractivity contribution in [3.63, 3.8) is 0 Å². The first kappa shape index (κ1) is 19.4. The highest BCUT2D eigenvalue weighted by Gasteiger charge is 2.36. The Morgan fingerprint density at radius 3 is 2.87 bits per heavy atom. The van der Waals surface area contributed by atoms with Gasteiger partial charge in [0.2, 0.25) is 5.82 Å². The molecule has 8 nitrogen and oxygen atoms in total. The average Bonchev–Trinajstić information content (AvgIpc) is 3.51. The Labute approximate surface area is 175 Å². The van der Waals surface area contributed by atoms with Crippen molar-refractivity contribution in [3.8, 4) is 0 Å². The number of rotatable bonds is 5. The molecule has 0 unspecified atom stereocenters. The highest BCUT2D eigenvalue weighted by atomic mass is 16.5. The van der Waals surface area contributed by atoms with Gasteiger partial charge < -0.3 is 14.6 Å². The second-order valence-electron chi connectivity index (χ2n) is 8.68. The van der Waals surface area contributed by atoms with E-state index >= 15 is 0 Å². The SMILES string of the molecule is Cc1ccc2cc([C@H](c3nnnn3C[C@H]3CCCO3)[NH+]3CCCC3)c(=O)[nH]c2c1C. The Bertz CT molecular complexity index is 1110. The summed E-state index contributed by atoms with van der Waals surface area (Å²) in [5.41, 5.74) is 3.90. The highest BCUT2D eigenvalue weighted by molar-refractivity contribution is 5.83. The van der Waals surface area contributed by atoms with Crippen molar-refractivity contribution >= 4 is 10.9 Å². The minimum Gasteiger partial charge on any atom is -0.376 e. The van der Waals surface area contributed by atoms with Gasteiger partial charge in [-0.15, -0.1) is 5.10 Å². The Balaban J connectivity index is 1.61. The van der Waals surface area contributed by atoms with E-state index in [1.165, 1.54) is 10.5 Å². The fourth-order valence-electron chi connectivity index (χ4n) is 4.95. The van der Waals surface area contributed by atoms with Crippen LogP contribution < -0.4 is 10.5 Å². The van der Waals surface area contributed by atoms with Gasteiger partial charge in [0.1, 0.15) is 0 Å². The van der Waals surface area contributed by atoms with Crippen LogP contribution in [0.4, 0.5) is 0 Å². The van der Waals surface area contributed by atoms with Gasteiger partial charge in [0.25, 0.3) is 5.56 Å². The maximum absolute atomic E-state index is 13.3. The Morgan fingerprint density at radius 2 is 2.10 bits per heavy atom. The third kappa shape index (κ3) is 3.44. The third-order valence-electron chi connectivity index (χ3n) is 6.76. The number of nitrogens with one attached hydrogen (secondary N) is 2. The van der Waals surface area contributed by atoms with Crippen molar-refractivity contribution in [2.75, 3.05) is 19.7 Å². The van der Waals surface area contributed by atoms with E-state index in [1.54, 1.807) is 0 Å². The molecular formula is C22H29N6O2+. The smallest absolute Gasteiger partial charge is 0.258 e. The van der Waals surface area contributed by atoms with E-state index < -0.39 is 0 Å². The second-order valence-corrected chi connectivity index (χ2v) is 8.68. The Hall–Kier alpha value is -2.58. The van der Waals surface area contributed by atoms with Gasteiger partial charge in [0, 0.05) is 19.4 Å². The minimum absolute atomic E-state index is 0.0488. The molecule has 3 aromatic rings. The van der Waals surface area contributed by atoms with Crippen molar-refractivity contribution < 1.29 is 9.64 Å². The predicted molar refractivity (Wildman–Crippen MR) is 113 cm³/mol. The number of likely N-dealkylation sites (tertiary alicyclic amines) is 1. The van der Waals surface area contributed by atoms with Gasteiger partial charge in [-0.2, -0.15) is 0 Å². The molecule has 0 amide bonds. The van der Waals surface area contributed by atoms with Gasteiger partial charge in [-0.25, -0.2) is 4.68 Å². The van der Waals surface area contributed by atoms with E-state index in [0.717, 1.165) is 73.2 Å². The zero-order valence-corrected chi connectivity index (χ0v) is 17.6. The predicted octanol–water partition coefficient (Wildman–Crippen LogP) is 1.08. The van der Waals surface area contributed by atoms with E-state index in [-0.39, 0.29) is 17.7 Å². The maximum Gasteiger partial charge on any atom is 0.258 e. The van der Waals surface area contributed by atoms with Crippen LogP contribution in [0, 0.1) is 13.8 Å². The molecule has 0 radical (unpaired) electrons. The molecule has 8 heteroatoms. The molecular weight excluding hydrogens is 380 g/mol. The molecule has 2 aliphatic rings. The molecule has 2 atom stereocenters. The van der Waals surface area contributed by atoms with E-state index in [4.69, 9.17) is 4.74 Å². The lowest BCUT2D eigenvalue weighted by molar-refractivity contribution is -0.914. The first-order valence-electron chi connectivity index (χ1n) is 11.0. The van der Waals surface area contributed by atoms with Crippen LogP contribution >= 0.6 is 0 Å². The molecule has 2 N–H and O–H groups in total.